The molecule has 0 radical (unpaired) electrons. The van der Waals surface area contributed by atoms with Crippen molar-refractivity contribution in [3.63, 3.8) is 0 Å². The zero-order chi connectivity index (χ0) is 21.8. The lowest BCUT2D eigenvalue weighted by Crippen LogP contribution is -2.45. The monoisotopic (exact) mass is 423 g/mol. The first kappa shape index (κ1) is 20.3. The van der Waals surface area contributed by atoms with Crippen molar-refractivity contribution in [2.24, 2.45) is 5.92 Å². The largest absolute Gasteiger partial charge is 0.355 e. The molecule has 3 aromatic rings. The van der Waals surface area contributed by atoms with Crippen LogP contribution in [-0.4, -0.2) is 51.6 Å². The maximum Gasteiger partial charge on any atom is 0.272 e. The Bertz CT molecular complexity index is 1220. The fourth-order valence-corrected chi connectivity index (χ4v) is 3.69. The number of piperidine rings is 1. The van der Waals surface area contributed by atoms with Gasteiger partial charge in [-0.3, -0.25) is 34.4 Å². The Hall–Kier alpha value is -4.02. The smallest absolute Gasteiger partial charge is 0.272 e. The highest BCUT2D eigenvalue weighted by Crippen LogP contribution is 2.21. The lowest BCUT2D eigenvalue weighted by molar-refractivity contribution is -0.127. The van der Waals surface area contributed by atoms with Gasteiger partial charge in [-0.05, 0) is 25.0 Å². The van der Waals surface area contributed by atoms with Crippen LogP contribution in [0.15, 0.2) is 46.4 Å². The number of nitrogens with one attached hydrogen (secondary N) is 4. The summed E-state index contributed by atoms with van der Waals surface area (Å²) < 4.78 is 0. The summed E-state index contributed by atoms with van der Waals surface area (Å²) in [4.78, 5) is 59.3. The van der Waals surface area contributed by atoms with Crippen molar-refractivity contribution in [2.75, 3.05) is 29.9 Å². The molecule has 3 heterocycles. The summed E-state index contributed by atoms with van der Waals surface area (Å²) >= 11 is 0. The van der Waals surface area contributed by atoms with E-state index in [-0.39, 0.29) is 34.8 Å². The molecule has 0 aliphatic carbocycles. The van der Waals surface area contributed by atoms with E-state index in [0.29, 0.717) is 18.8 Å². The highest BCUT2D eigenvalue weighted by Gasteiger charge is 2.26. The lowest BCUT2D eigenvalue weighted by Gasteiger charge is -2.32. The Labute approximate surface area is 175 Å². The van der Waals surface area contributed by atoms with Gasteiger partial charge in [0.25, 0.3) is 11.1 Å². The first-order valence-corrected chi connectivity index (χ1v) is 9.85. The van der Waals surface area contributed by atoms with Gasteiger partial charge in [0.1, 0.15) is 5.82 Å². The second kappa shape index (κ2) is 8.78. The molecule has 1 unspecified atom stereocenters. The molecule has 0 spiro atoms. The molecule has 160 valence electrons. The van der Waals surface area contributed by atoms with Gasteiger partial charge in [-0.2, -0.15) is 0 Å². The number of aromatic nitrogens is 4. The van der Waals surface area contributed by atoms with Crippen molar-refractivity contribution in [3.05, 3.63) is 57.5 Å². The predicted octanol–water partition coefficient (Wildman–Crippen LogP) is -0.0223. The van der Waals surface area contributed by atoms with Crippen LogP contribution >= 0.6 is 0 Å². The molecule has 1 aliphatic rings. The lowest BCUT2D eigenvalue weighted by atomic mass is 9.97. The molecule has 2 amide bonds. The number of fused-ring (bicyclic) bond motifs is 1. The fourth-order valence-electron chi connectivity index (χ4n) is 3.69. The predicted molar refractivity (Wildman–Crippen MR) is 114 cm³/mol. The van der Waals surface area contributed by atoms with Crippen molar-refractivity contribution in [1.29, 1.82) is 0 Å². The van der Waals surface area contributed by atoms with Crippen LogP contribution in [0.5, 0.6) is 0 Å². The van der Waals surface area contributed by atoms with E-state index >= 15 is 0 Å². The minimum Gasteiger partial charge on any atom is -0.355 e. The van der Waals surface area contributed by atoms with Gasteiger partial charge in [0.15, 0.2) is 0 Å². The summed E-state index contributed by atoms with van der Waals surface area (Å²) in [5.74, 6) is -0.283. The molecule has 4 N–H and O–H groups in total. The Kier molecular flexibility index (Phi) is 5.74. The van der Waals surface area contributed by atoms with Crippen molar-refractivity contribution < 1.29 is 9.59 Å². The molecule has 4 rings (SSSR count). The van der Waals surface area contributed by atoms with E-state index in [0.717, 1.165) is 13.0 Å². The van der Waals surface area contributed by atoms with Crippen molar-refractivity contribution >= 4 is 34.1 Å². The van der Waals surface area contributed by atoms with Crippen LogP contribution in [-0.2, 0) is 9.59 Å². The van der Waals surface area contributed by atoms with Crippen LogP contribution in [0.2, 0.25) is 0 Å². The summed E-state index contributed by atoms with van der Waals surface area (Å²) in [6.07, 6.45) is 6.40. The minimum absolute atomic E-state index is 0.0813. The molecule has 1 atom stereocenters. The van der Waals surface area contributed by atoms with E-state index in [1.165, 1.54) is 12.1 Å². The number of aromatic amines is 2. The van der Waals surface area contributed by atoms with E-state index in [2.05, 4.69) is 30.8 Å². The third-order valence-electron chi connectivity index (χ3n) is 5.19. The first-order chi connectivity index (χ1) is 15.0. The zero-order valence-corrected chi connectivity index (χ0v) is 16.6. The van der Waals surface area contributed by atoms with Crippen LogP contribution in [0.25, 0.3) is 10.8 Å². The summed E-state index contributed by atoms with van der Waals surface area (Å²) in [6.45, 7) is 1.03. The van der Waals surface area contributed by atoms with Gasteiger partial charge in [-0.15, -0.1) is 0 Å². The number of carbonyl (C=O) groups is 2. The highest BCUT2D eigenvalue weighted by atomic mass is 16.2. The van der Waals surface area contributed by atoms with Gasteiger partial charge >= 0.3 is 0 Å². The van der Waals surface area contributed by atoms with Gasteiger partial charge in [0, 0.05) is 25.5 Å². The average Bonchev–Trinajstić information content (AvgIpc) is 2.80. The molecule has 1 aromatic carbocycles. The normalized spacial score (nSPS) is 16.1. The Morgan fingerprint density at radius 1 is 1.16 bits per heavy atom. The van der Waals surface area contributed by atoms with Crippen molar-refractivity contribution in [2.45, 2.75) is 12.8 Å². The molecule has 11 heteroatoms. The summed E-state index contributed by atoms with van der Waals surface area (Å²) in [7, 11) is 0. The van der Waals surface area contributed by atoms with Crippen LogP contribution < -0.4 is 26.7 Å². The third kappa shape index (κ3) is 4.44. The second-order valence-corrected chi connectivity index (χ2v) is 7.25. The number of hydrogen-bond donors (Lipinski definition) is 4. The van der Waals surface area contributed by atoms with Gasteiger partial charge in [0.2, 0.25) is 11.8 Å². The number of benzene rings is 1. The molecule has 1 saturated heterocycles. The molecule has 11 nitrogen and oxygen atoms in total. The van der Waals surface area contributed by atoms with Gasteiger partial charge in [-0.1, -0.05) is 6.07 Å². The van der Waals surface area contributed by atoms with Crippen molar-refractivity contribution in [1.82, 2.24) is 25.5 Å². The second-order valence-electron chi connectivity index (χ2n) is 7.25. The third-order valence-corrected chi connectivity index (χ3v) is 5.19. The summed E-state index contributed by atoms with van der Waals surface area (Å²) in [5.41, 5.74) is -0.791. The molecule has 0 bridgehead atoms. The zero-order valence-electron chi connectivity index (χ0n) is 16.6. The van der Waals surface area contributed by atoms with Crippen LogP contribution in [0.3, 0.4) is 0 Å². The van der Waals surface area contributed by atoms with E-state index < -0.39 is 17.0 Å². The Balaban J connectivity index is 1.38. The van der Waals surface area contributed by atoms with E-state index in [1.54, 1.807) is 24.7 Å². The average molecular weight is 423 g/mol. The minimum atomic E-state index is -0.527. The maximum absolute atomic E-state index is 12.6. The molecule has 2 aromatic heterocycles. The van der Waals surface area contributed by atoms with E-state index in [4.69, 9.17) is 0 Å². The number of rotatable bonds is 5. The molecular formula is C20H21N7O4. The highest BCUT2D eigenvalue weighted by molar-refractivity contribution is 6.02. The number of nitrogens with zero attached hydrogens (tertiary/aromatic N) is 3. The molecule has 1 aliphatic heterocycles. The Morgan fingerprint density at radius 2 is 2.00 bits per heavy atom. The SMILES string of the molecule is O=C(CNC(=O)C1CCCN(c2cnccn2)C1)Nc1cccc2c(=O)[nH][nH]c(=O)c12. The standard InChI is InChI=1S/C20H21N7O4/c28-16(24-14-5-1-4-13-17(14)20(31)26-25-19(13)30)10-23-18(29)12-3-2-8-27(11-12)15-9-21-6-7-22-15/h1,4-7,9,12H,2-3,8,10-11H2,(H,23,29)(H,24,28)(H,25,30)(H,26,31). The molecular weight excluding hydrogens is 402 g/mol. The maximum atomic E-state index is 12.6. The summed E-state index contributed by atoms with van der Waals surface area (Å²) in [5, 5.41) is 9.97. The number of amides is 2. The van der Waals surface area contributed by atoms with Crippen molar-refractivity contribution in [3.8, 4) is 0 Å². The quantitative estimate of drug-likeness (QED) is 0.450. The van der Waals surface area contributed by atoms with Gasteiger partial charge in [-0.25, -0.2) is 4.98 Å². The first-order valence-electron chi connectivity index (χ1n) is 9.85. The number of hydrogen-bond acceptors (Lipinski definition) is 7. The molecule has 31 heavy (non-hydrogen) atoms. The topological polar surface area (TPSA) is 153 Å². The number of anilines is 2. The Morgan fingerprint density at radius 3 is 2.81 bits per heavy atom. The van der Waals surface area contributed by atoms with Crippen LogP contribution in [0.4, 0.5) is 11.5 Å². The fraction of sp³-hybridized carbons (Fsp3) is 0.300. The molecule has 1 fully saturated rings. The van der Waals surface area contributed by atoms with Crippen LogP contribution in [0.1, 0.15) is 12.8 Å². The number of H-pyrrole nitrogens is 2. The van der Waals surface area contributed by atoms with Crippen LogP contribution in [0, 0.1) is 5.92 Å². The number of carbonyl (C=O) groups excluding carboxylic acids is 2. The van der Waals surface area contributed by atoms with Gasteiger partial charge < -0.3 is 15.5 Å². The van der Waals surface area contributed by atoms with Gasteiger partial charge in [0.05, 0.1) is 35.1 Å². The van der Waals surface area contributed by atoms with E-state index in [9.17, 15) is 19.2 Å². The molecule has 0 saturated carbocycles. The van der Waals surface area contributed by atoms with E-state index in [1.807, 2.05) is 4.90 Å². The summed E-state index contributed by atoms with van der Waals surface area (Å²) in [6, 6.07) is 4.58.